The Morgan fingerprint density at radius 2 is 1.54 bits per heavy atom. The Hall–Kier alpha value is -2.62. The largest absolute Gasteiger partial charge is 0.347 e. The summed E-state index contributed by atoms with van der Waals surface area (Å²) in [6.45, 7) is 10.1. The van der Waals surface area contributed by atoms with Crippen molar-refractivity contribution in [1.29, 1.82) is 0 Å². The molecule has 0 fully saturated rings. The van der Waals surface area contributed by atoms with Crippen molar-refractivity contribution in [3.63, 3.8) is 0 Å². The standard InChI is InChI=1S/C22H28N2O2/c1-15(2)18-8-7-9-19(14-18)24(6)21(26)17-12-10-16(11-13-17)20(25)23-22(3,4)5/h7-15H,1-6H3,(H,23,25). The number of nitrogens with zero attached hydrogens (tertiary/aromatic N) is 1. The van der Waals surface area contributed by atoms with E-state index < -0.39 is 0 Å². The third-order valence-electron chi connectivity index (χ3n) is 4.11. The molecule has 4 nitrogen and oxygen atoms in total. The lowest BCUT2D eigenvalue weighted by Gasteiger charge is -2.21. The number of anilines is 1. The molecule has 0 heterocycles. The van der Waals surface area contributed by atoms with Crippen molar-refractivity contribution in [2.24, 2.45) is 0 Å². The van der Waals surface area contributed by atoms with Gasteiger partial charge in [0, 0.05) is 29.4 Å². The van der Waals surface area contributed by atoms with Crippen molar-refractivity contribution in [2.45, 2.75) is 46.1 Å². The van der Waals surface area contributed by atoms with Gasteiger partial charge in [0.25, 0.3) is 11.8 Å². The Morgan fingerprint density at radius 3 is 2.08 bits per heavy atom. The quantitative estimate of drug-likeness (QED) is 0.873. The van der Waals surface area contributed by atoms with Crippen molar-refractivity contribution < 1.29 is 9.59 Å². The monoisotopic (exact) mass is 352 g/mol. The fraction of sp³-hybridized carbons (Fsp3) is 0.364. The van der Waals surface area contributed by atoms with Gasteiger partial charge in [-0.15, -0.1) is 0 Å². The molecule has 0 saturated heterocycles. The van der Waals surface area contributed by atoms with Crippen LogP contribution in [-0.4, -0.2) is 24.4 Å². The number of amides is 2. The first-order valence-electron chi connectivity index (χ1n) is 8.89. The molecular weight excluding hydrogens is 324 g/mol. The number of hydrogen-bond acceptors (Lipinski definition) is 2. The predicted octanol–water partition coefficient (Wildman–Crippen LogP) is 4.61. The van der Waals surface area contributed by atoms with Crippen LogP contribution < -0.4 is 10.2 Å². The summed E-state index contributed by atoms with van der Waals surface area (Å²) >= 11 is 0. The van der Waals surface area contributed by atoms with Crippen LogP contribution in [0.4, 0.5) is 5.69 Å². The van der Waals surface area contributed by atoms with E-state index in [2.05, 4.69) is 25.2 Å². The van der Waals surface area contributed by atoms with E-state index in [0.29, 0.717) is 17.0 Å². The lowest BCUT2D eigenvalue weighted by Crippen LogP contribution is -2.40. The molecule has 2 aromatic carbocycles. The van der Waals surface area contributed by atoms with Gasteiger partial charge in [-0.25, -0.2) is 0 Å². The summed E-state index contributed by atoms with van der Waals surface area (Å²) in [5, 5.41) is 2.92. The minimum atomic E-state index is -0.298. The van der Waals surface area contributed by atoms with Crippen molar-refractivity contribution in [1.82, 2.24) is 5.32 Å². The molecule has 0 radical (unpaired) electrons. The molecule has 138 valence electrons. The SMILES string of the molecule is CC(C)c1cccc(N(C)C(=O)c2ccc(C(=O)NC(C)(C)C)cc2)c1. The molecule has 2 aromatic rings. The maximum Gasteiger partial charge on any atom is 0.258 e. The van der Waals surface area contributed by atoms with Gasteiger partial charge < -0.3 is 10.2 Å². The molecule has 0 aliphatic carbocycles. The molecule has 0 aromatic heterocycles. The highest BCUT2D eigenvalue weighted by atomic mass is 16.2. The summed E-state index contributed by atoms with van der Waals surface area (Å²) in [6.07, 6.45) is 0. The number of hydrogen-bond donors (Lipinski definition) is 1. The van der Waals surface area contributed by atoms with Crippen LogP contribution in [0.5, 0.6) is 0 Å². The van der Waals surface area contributed by atoms with Gasteiger partial charge in [-0.2, -0.15) is 0 Å². The topological polar surface area (TPSA) is 49.4 Å². The fourth-order valence-corrected chi connectivity index (χ4v) is 2.58. The molecular formula is C22H28N2O2. The molecule has 0 aliphatic heterocycles. The van der Waals surface area contributed by atoms with E-state index >= 15 is 0 Å². The second-order valence-electron chi connectivity index (χ2n) is 7.90. The van der Waals surface area contributed by atoms with Crippen LogP contribution in [-0.2, 0) is 0 Å². The zero-order valence-corrected chi connectivity index (χ0v) is 16.5. The summed E-state index contributed by atoms with van der Waals surface area (Å²) < 4.78 is 0. The van der Waals surface area contributed by atoms with Gasteiger partial charge in [0.05, 0.1) is 0 Å². The lowest BCUT2D eigenvalue weighted by molar-refractivity contribution is 0.0917. The van der Waals surface area contributed by atoms with Crippen LogP contribution in [0.3, 0.4) is 0 Å². The highest BCUT2D eigenvalue weighted by Gasteiger charge is 2.17. The molecule has 2 amide bonds. The number of carbonyl (C=O) groups excluding carboxylic acids is 2. The summed E-state index contributed by atoms with van der Waals surface area (Å²) in [6, 6.07) is 14.8. The van der Waals surface area contributed by atoms with E-state index in [0.717, 1.165) is 5.69 Å². The summed E-state index contributed by atoms with van der Waals surface area (Å²) in [7, 11) is 1.77. The van der Waals surface area contributed by atoms with Crippen molar-refractivity contribution in [3.8, 4) is 0 Å². The molecule has 1 N–H and O–H groups in total. The normalized spacial score (nSPS) is 11.3. The van der Waals surface area contributed by atoms with E-state index in [1.165, 1.54) is 5.56 Å². The Morgan fingerprint density at radius 1 is 0.962 bits per heavy atom. The first-order valence-corrected chi connectivity index (χ1v) is 8.89. The molecule has 2 rings (SSSR count). The smallest absolute Gasteiger partial charge is 0.258 e. The number of benzene rings is 2. The van der Waals surface area contributed by atoms with Crippen molar-refractivity contribution in [2.75, 3.05) is 11.9 Å². The van der Waals surface area contributed by atoms with Gasteiger partial charge in [0.1, 0.15) is 0 Å². The van der Waals surface area contributed by atoms with Crippen molar-refractivity contribution in [3.05, 3.63) is 65.2 Å². The number of rotatable bonds is 4. The summed E-state index contributed by atoms with van der Waals surface area (Å²) in [5.74, 6) is 0.155. The molecule has 0 aliphatic rings. The minimum Gasteiger partial charge on any atom is -0.347 e. The molecule has 0 atom stereocenters. The predicted molar refractivity (Wildman–Crippen MR) is 107 cm³/mol. The van der Waals surface area contributed by atoms with E-state index in [-0.39, 0.29) is 17.4 Å². The maximum atomic E-state index is 12.8. The Kier molecular flexibility index (Phi) is 5.86. The highest BCUT2D eigenvalue weighted by Crippen LogP contribution is 2.22. The van der Waals surface area contributed by atoms with Gasteiger partial charge in [-0.3, -0.25) is 9.59 Å². The first-order chi connectivity index (χ1) is 12.1. The van der Waals surface area contributed by atoms with Gasteiger partial charge in [0.2, 0.25) is 0 Å². The zero-order chi connectivity index (χ0) is 19.5. The van der Waals surface area contributed by atoms with Crippen LogP contribution >= 0.6 is 0 Å². The molecule has 0 saturated carbocycles. The van der Waals surface area contributed by atoms with Gasteiger partial charge in [-0.05, 0) is 68.7 Å². The van der Waals surface area contributed by atoms with Crippen LogP contribution in [0.1, 0.15) is 66.8 Å². The average Bonchev–Trinajstić information content (AvgIpc) is 2.59. The molecule has 0 spiro atoms. The number of nitrogens with one attached hydrogen (secondary N) is 1. The Bertz CT molecular complexity index is 787. The van der Waals surface area contributed by atoms with Gasteiger partial charge >= 0.3 is 0 Å². The van der Waals surface area contributed by atoms with E-state index in [4.69, 9.17) is 0 Å². The molecule has 0 unspecified atom stereocenters. The Balaban J connectivity index is 2.17. The van der Waals surface area contributed by atoms with Crippen LogP contribution in [0.25, 0.3) is 0 Å². The third-order valence-corrected chi connectivity index (χ3v) is 4.11. The van der Waals surface area contributed by atoms with Gasteiger partial charge in [-0.1, -0.05) is 26.0 Å². The summed E-state index contributed by atoms with van der Waals surface area (Å²) in [4.78, 5) is 26.6. The second kappa shape index (κ2) is 7.73. The highest BCUT2D eigenvalue weighted by molar-refractivity contribution is 6.06. The van der Waals surface area contributed by atoms with Crippen LogP contribution in [0, 0.1) is 0 Å². The molecule has 26 heavy (non-hydrogen) atoms. The average molecular weight is 352 g/mol. The second-order valence-corrected chi connectivity index (χ2v) is 7.90. The van der Waals surface area contributed by atoms with E-state index in [9.17, 15) is 9.59 Å². The minimum absolute atomic E-state index is 0.103. The third kappa shape index (κ3) is 4.94. The summed E-state index contributed by atoms with van der Waals surface area (Å²) in [5.41, 5.74) is 2.84. The van der Waals surface area contributed by atoms with Crippen molar-refractivity contribution >= 4 is 17.5 Å². The molecule has 0 bridgehead atoms. The fourth-order valence-electron chi connectivity index (χ4n) is 2.58. The Labute approximate surface area is 156 Å². The van der Waals surface area contributed by atoms with Crippen LogP contribution in [0.15, 0.2) is 48.5 Å². The van der Waals surface area contributed by atoms with Gasteiger partial charge in [0.15, 0.2) is 0 Å². The maximum absolute atomic E-state index is 12.8. The van der Waals surface area contributed by atoms with E-state index in [1.54, 1.807) is 36.2 Å². The lowest BCUT2D eigenvalue weighted by atomic mass is 10.0. The first kappa shape index (κ1) is 19.7. The van der Waals surface area contributed by atoms with E-state index in [1.807, 2.05) is 39.0 Å². The molecule has 4 heteroatoms. The number of carbonyl (C=O) groups is 2. The van der Waals surface area contributed by atoms with Crippen LogP contribution in [0.2, 0.25) is 0 Å². The zero-order valence-electron chi connectivity index (χ0n) is 16.5.